The fourth-order valence-electron chi connectivity index (χ4n) is 1.30. The molecule has 0 saturated carbocycles. The SMILES string of the molecule is CCCCCCC(=O)N(C)CCNC. The quantitative estimate of drug-likeness (QED) is 0.604. The molecule has 0 aromatic rings. The van der Waals surface area contributed by atoms with Gasteiger partial charge in [0.1, 0.15) is 0 Å². The first-order valence-corrected chi connectivity index (χ1v) is 5.61. The molecule has 0 rings (SSSR count). The standard InChI is InChI=1S/C11H24N2O/c1-4-5-6-7-8-11(14)13(3)10-9-12-2/h12H,4-10H2,1-3H3. The molecule has 0 fully saturated rings. The molecular weight excluding hydrogens is 176 g/mol. The molecular formula is C11H24N2O. The minimum atomic E-state index is 0.274. The molecule has 0 heterocycles. The number of nitrogens with zero attached hydrogens (tertiary/aromatic N) is 1. The van der Waals surface area contributed by atoms with E-state index in [1.54, 1.807) is 0 Å². The van der Waals surface area contributed by atoms with E-state index in [2.05, 4.69) is 12.2 Å². The van der Waals surface area contributed by atoms with Crippen molar-refractivity contribution in [1.82, 2.24) is 10.2 Å². The van der Waals surface area contributed by atoms with Gasteiger partial charge >= 0.3 is 0 Å². The summed E-state index contributed by atoms with van der Waals surface area (Å²) in [6, 6.07) is 0. The topological polar surface area (TPSA) is 32.3 Å². The Morgan fingerprint density at radius 1 is 1.29 bits per heavy atom. The second-order valence-electron chi connectivity index (χ2n) is 3.73. The monoisotopic (exact) mass is 200 g/mol. The Bertz CT molecular complexity index is 148. The summed E-state index contributed by atoms with van der Waals surface area (Å²) < 4.78 is 0. The van der Waals surface area contributed by atoms with Crippen LogP contribution in [0.4, 0.5) is 0 Å². The average Bonchev–Trinajstić information content (AvgIpc) is 2.20. The molecule has 1 N–H and O–H groups in total. The Kier molecular flexibility index (Phi) is 8.64. The van der Waals surface area contributed by atoms with Gasteiger partial charge in [0.25, 0.3) is 0 Å². The predicted octanol–water partition coefficient (Wildman–Crippen LogP) is 1.63. The van der Waals surface area contributed by atoms with Crippen LogP contribution in [0.15, 0.2) is 0 Å². The zero-order valence-electron chi connectivity index (χ0n) is 9.81. The van der Waals surface area contributed by atoms with Crippen molar-refractivity contribution < 1.29 is 4.79 Å². The van der Waals surface area contributed by atoms with Gasteiger partial charge in [-0.25, -0.2) is 0 Å². The van der Waals surface area contributed by atoms with Gasteiger partial charge in [0.2, 0.25) is 5.91 Å². The Balaban J connectivity index is 3.42. The summed E-state index contributed by atoms with van der Waals surface area (Å²) in [7, 11) is 3.78. The van der Waals surface area contributed by atoms with Crippen LogP contribution in [-0.2, 0) is 4.79 Å². The third-order valence-electron chi connectivity index (χ3n) is 2.37. The Hall–Kier alpha value is -0.570. The number of hydrogen-bond acceptors (Lipinski definition) is 2. The van der Waals surface area contributed by atoms with E-state index in [9.17, 15) is 4.79 Å². The largest absolute Gasteiger partial charge is 0.344 e. The first-order chi connectivity index (χ1) is 6.72. The molecule has 0 atom stereocenters. The van der Waals surface area contributed by atoms with Crippen molar-refractivity contribution in [2.24, 2.45) is 0 Å². The molecule has 0 aliphatic carbocycles. The Morgan fingerprint density at radius 2 is 2.00 bits per heavy atom. The summed E-state index contributed by atoms with van der Waals surface area (Å²) in [5, 5.41) is 3.04. The van der Waals surface area contributed by atoms with Crippen LogP contribution < -0.4 is 5.32 Å². The molecule has 0 saturated heterocycles. The number of carbonyl (C=O) groups is 1. The van der Waals surface area contributed by atoms with Crippen molar-refractivity contribution in [3.8, 4) is 0 Å². The van der Waals surface area contributed by atoms with Crippen molar-refractivity contribution in [3.63, 3.8) is 0 Å². The van der Waals surface area contributed by atoms with Crippen LogP contribution in [0.1, 0.15) is 39.0 Å². The summed E-state index contributed by atoms with van der Waals surface area (Å²) in [5.74, 6) is 0.274. The van der Waals surface area contributed by atoms with Gasteiger partial charge in [-0.2, -0.15) is 0 Å². The number of nitrogens with one attached hydrogen (secondary N) is 1. The molecule has 3 heteroatoms. The average molecular weight is 200 g/mol. The molecule has 0 aromatic heterocycles. The second-order valence-corrected chi connectivity index (χ2v) is 3.73. The van der Waals surface area contributed by atoms with Gasteiger partial charge in [0.15, 0.2) is 0 Å². The van der Waals surface area contributed by atoms with Crippen molar-refractivity contribution >= 4 is 5.91 Å². The molecule has 3 nitrogen and oxygen atoms in total. The van der Waals surface area contributed by atoms with Crippen LogP contribution in [0, 0.1) is 0 Å². The fraction of sp³-hybridized carbons (Fsp3) is 0.909. The highest BCUT2D eigenvalue weighted by molar-refractivity contribution is 5.75. The van der Waals surface area contributed by atoms with Crippen molar-refractivity contribution in [2.75, 3.05) is 27.2 Å². The van der Waals surface area contributed by atoms with Gasteiger partial charge in [-0.05, 0) is 13.5 Å². The summed E-state index contributed by atoms with van der Waals surface area (Å²) in [6.45, 7) is 3.86. The highest BCUT2D eigenvalue weighted by atomic mass is 16.2. The van der Waals surface area contributed by atoms with E-state index < -0.39 is 0 Å². The molecule has 0 aromatic carbocycles. The highest BCUT2D eigenvalue weighted by Crippen LogP contribution is 2.03. The number of unbranched alkanes of at least 4 members (excludes halogenated alkanes) is 3. The van der Waals surface area contributed by atoms with E-state index in [1.807, 2.05) is 19.0 Å². The van der Waals surface area contributed by atoms with Crippen molar-refractivity contribution in [2.45, 2.75) is 39.0 Å². The van der Waals surface area contributed by atoms with Crippen molar-refractivity contribution in [3.05, 3.63) is 0 Å². The maximum absolute atomic E-state index is 11.5. The molecule has 1 amide bonds. The van der Waals surface area contributed by atoms with Gasteiger partial charge < -0.3 is 10.2 Å². The van der Waals surface area contributed by atoms with E-state index >= 15 is 0 Å². The number of rotatable bonds is 8. The van der Waals surface area contributed by atoms with E-state index in [-0.39, 0.29) is 5.91 Å². The highest BCUT2D eigenvalue weighted by Gasteiger charge is 2.06. The van der Waals surface area contributed by atoms with Gasteiger partial charge in [-0.1, -0.05) is 26.2 Å². The number of likely N-dealkylation sites (N-methyl/N-ethyl adjacent to an activating group) is 2. The molecule has 0 bridgehead atoms. The van der Waals surface area contributed by atoms with Gasteiger partial charge in [-0.15, -0.1) is 0 Å². The first-order valence-electron chi connectivity index (χ1n) is 5.61. The van der Waals surface area contributed by atoms with E-state index in [4.69, 9.17) is 0 Å². The fourth-order valence-corrected chi connectivity index (χ4v) is 1.30. The summed E-state index contributed by atoms with van der Waals surface area (Å²) in [5.41, 5.74) is 0. The van der Waals surface area contributed by atoms with Crippen LogP contribution in [-0.4, -0.2) is 38.0 Å². The molecule has 14 heavy (non-hydrogen) atoms. The number of hydrogen-bond donors (Lipinski definition) is 1. The normalized spacial score (nSPS) is 10.2. The van der Waals surface area contributed by atoms with Crippen molar-refractivity contribution in [1.29, 1.82) is 0 Å². The first kappa shape index (κ1) is 13.4. The minimum absolute atomic E-state index is 0.274. The third kappa shape index (κ3) is 6.89. The smallest absolute Gasteiger partial charge is 0.222 e. The lowest BCUT2D eigenvalue weighted by Gasteiger charge is -2.16. The molecule has 0 aliphatic heterocycles. The third-order valence-corrected chi connectivity index (χ3v) is 2.37. The predicted molar refractivity (Wildman–Crippen MR) is 60.3 cm³/mol. The zero-order chi connectivity index (χ0) is 10.8. The number of amides is 1. The van der Waals surface area contributed by atoms with E-state index in [0.717, 1.165) is 19.5 Å². The van der Waals surface area contributed by atoms with Gasteiger partial charge in [0, 0.05) is 26.6 Å². The number of carbonyl (C=O) groups excluding carboxylic acids is 1. The van der Waals surface area contributed by atoms with Crippen LogP contribution in [0.5, 0.6) is 0 Å². The van der Waals surface area contributed by atoms with E-state index in [0.29, 0.717) is 6.42 Å². The van der Waals surface area contributed by atoms with Crippen LogP contribution >= 0.6 is 0 Å². The summed E-state index contributed by atoms with van der Waals surface area (Å²) >= 11 is 0. The summed E-state index contributed by atoms with van der Waals surface area (Å²) in [4.78, 5) is 13.3. The van der Waals surface area contributed by atoms with Crippen LogP contribution in [0.25, 0.3) is 0 Å². The maximum Gasteiger partial charge on any atom is 0.222 e. The lowest BCUT2D eigenvalue weighted by atomic mass is 10.1. The maximum atomic E-state index is 11.5. The Morgan fingerprint density at radius 3 is 2.57 bits per heavy atom. The van der Waals surface area contributed by atoms with Crippen LogP contribution in [0.3, 0.4) is 0 Å². The summed E-state index contributed by atoms with van der Waals surface area (Å²) in [6.07, 6.45) is 5.40. The molecule has 0 unspecified atom stereocenters. The molecule has 0 spiro atoms. The lowest BCUT2D eigenvalue weighted by molar-refractivity contribution is -0.129. The van der Waals surface area contributed by atoms with E-state index in [1.165, 1.54) is 19.3 Å². The lowest BCUT2D eigenvalue weighted by Crippen LogP contribution is -2.32. The Labute approximate surface area is 87.9 Å². The minimum Gasteiger partial charge on any atom is -0.344 e. The van der Waals surface area contributed by atoms with Gasteiger partial charge in [0.05, 0.1) is 0 Å². The molecule has 0 aliphatic rings. The molecule has 0 radical (unpaired) electrons. The van der Waals surface area contributed by atoms with Gasteiger partial charge in [-0.3, -0.25) is 4.79 Å². The zero-order valence-corrected chi connectivity index (χ0v) is 9.81. The van der Waals surface area contributed by atoms with Crippen LogP contribution in [0.2, 0.25) is 0 Å². The second kappa shape index (κ2) is 9.00. The molecule has 84 valence electrons.